The van der Waals surface area contributed by atoms with Crippen LogP contribution in [0.1, 0.15) is 92.0 Å². The fourth-order valence-corrected chi connectivity index (χ4v) is 10.8. The summed E-state index contributed by atoms with van der Waals surface area (Å²) in [6.07, 6.45) is 7.86. The smallest absolute Gasteiger partial charge is 0.291 e. The molecule has 0 radical (unpaired) electrons. The van der Waals surface area contributed by atoms with Crippen molar-refractivity contribution in [2.45, 2.75) is 44.8 Å². The van der Waals surface area contributed by atoms with Crippen LogP contribution in [-0.2, 0) is 70.9 Å². The number of carbonyl (C=O) groups excluding carboxylic acids is 5. The number of nitrogens with two attached hydrogens (primary N) is 2. The number of hydrogen-bond donors (Lipinski definition) is 8. The third kappa shape index (κ3) is 22.2. The first-order valence-corrected chi connectivity index (χ1v) is 32.3. The maximum atomic E-state index is 13.3. The molecule has 0 saturated carbocycles. The van der Waals surface area contributed by atoms with E-state index in [4.69, 9.17) is 61.0 Å². The third-order valence-corrected chi connectivity index (χ3v) is 15.7. The maximum absolute atomic E-state index is 13.3. The highest BCUT2D eigenvalue weighted by molar-refractivity contribution is 6.30. The number of anilines is 6. The molecule has 1 unspecified atom stereocenters. The van der Waals surface area contributed by atoms with Gasteiger partial charge < -0.3 is 104 Å². The van der Waals surface area contributed by atoms with E-state index >= 15 is 0 Å². The van der Waals surface area contributed by atoms with E-state index in [-0.39, 0.29) is 61.2 Å². The first-order chi connectivity index (χ1) is 46.4. The van der Waals surface area contributed by atoms with Crippen molar-refractivity contribution in [1.82, 2.24) is 44.2 Å². The van der Waals surface area contributed by atoms with Crippen LogP contribution in [0.5, 0.6) is 0 Å². The van der Waals surface area contributed by atoms with Crippen molar-refractivity contribution >= 4 is 75.7 Å². The largest absolute Gasteiger partial charge is 0.382 e. The van der Waals surface area contributed by atoms with E-state index in [9.17, 15) is 24.0 Å². The molecule has 5 amide bonds. The minimum Gasteiger partial charge on any atom is -0.382 e. The maximum Gasteiger partial charge on any atom is 0.291 e. The molecule has 5 heterocycles. The predicted molar refractivity (Wildman–Crippen MR) is 365 cm³/mol. The highest BCUT2D eigenvalue weighted by atomic mass is 35.5. The van der Waals surface area contributed by atoms with Gasteiger partial charge in [-0.1, -0.05) is 29.8 Å². The molecular formula is C67H90ClN15O13. The molecule has 0 spiro atoms. The normalized spacial score (nSPS) is 13.9. The van der Waals surface area contributed by atoms with E-state index < -0.39 is 11.9 Å². The van der Waals surface area contributed by atoms with Gasteiger partial charge in [0.1, 0.15) is 17.2 Å². The number of hydrogen-bond acceptors (Lipinski definition) is 19. The fraction of sp³-hybridized carbons (Fsp3) is 0.448. The highest BCUT2D eigenvalue weighted by Crippen LogP contribution is 2.41. The number of ether oxygens (including phenoxy) is 8. The Morgan fingerprint density at radius 1 is 0.552 bits per heavy atom. The van der Waals surface area contributed by atoms with Crippen molar-refractivity contribution < 1.29 is 61.9 Å². The average molecular weight is 1350 g/mol. The van der Waals surface area contributed by atoms with Crippen LogP contribution in [0, 0.1) is 0 Å². The summed E-state index contributed by atoms with van der Waals surface area (Å²) >= 11 is 6.13. The van der Waals surface area contributed by atoms with Crippen LogP contribution in [0.15, 0.2) is 104 Å². The summed E-state index contributed by atoms with van der Waals surface area (Å²) in [7, 11) is 6.96. The van der Waals surface area contributed by atoms with E-state index in [1.807, 2.05) is 72.6 Å². The van der Waals surface area contributed by atoms with Crippen molar-refractivity contribution in [3.05, 3.63) is 143 Å². The SMILES string of the molecule is CC(=O)N1c2ccc(-c3ccc(C(=O)NCCOCCOCCOCCOCCOCCOCCOCCOCCNC(=O)c4cc(NC(=O)c5nc(C(N)CCNC(=O)c6cc(Nc7nc(N)cn7C)cn6C)cn5C)cn4C)cc3)cc2[C@H](Nc2ccc(Cl)cc2)C[C@@H]1C. The highest BCUT2D eigenvalue weighted by Gasteiger charge is 2.33. The van der Waals surface area contributed by atoms with Gasteiger partial charge in [0.05, 0.1) is 135 Å². The quantitative estimate of drug-likeness (QED) is 0.0200. The number of nitrogen functional groups attached to an aromatic ring is 1. The first-order valence-electron chi connectivity index (χ1n) is 31.9. The number of nitrogens with zero attached hydrogens (tertiary/aromatic N) is 7. The van der Waals surface area contributed by atoms with Gasteiger partial charge >= 0.3 is 0 Å². The molecule has 0 aliphatic carbocycles. The Balaban J connectivity index is 0.560. The Kier molecular flexibility index (Phi) is 28.6. The second-order valence-electron chi connectivity index (χ2n) is 22.8. The lowest BCUT2D eigenvalue weighted by atomic mass is 9.88. The van der Waals surface area contributed by atoms with Crippen molar-refractivity contribution in [3.8, 4) is 11.1 Å². The van der Waals surface area contributed by atoms with E-state index in [0.717, 1.165) is 34.5 Å². The van der Waals surface area contributed by atoms with Gasteiger partial charge in [0.2, 0.25) is 11.9 Å². The summed E-state index contributed by atoms with van der Waals surface area (Å²) in [6, 6.07) is 23.9. The summed E-state index contributed by atoms with van der Waals surface area (Å²) in [5.41, 5.74) is 19.9. The Morgan fingerprint density at radius 2 is 1.05 bits per heavy atom. The van der Waals surface area contributed by atoms with Crippen LogP contribution in [-0.4, -0.2) is 189 Å². The van der Waals surface area contributed by atoms with Crippen LogP contribution < -0.4 is 48.3 Å². The summed E-state index contributed by atoms with van der Waals surface area (Å²) in [5, 5.41) is 18.9. The van der Waals surface area contributed by atoms with Crippen molar-refractivity contribution in [2.24, 2.45) is 33.9 Å². The van der Waals surface area contributed by atoms with Gasteiger partial charge in [-0.3, -0.25) is 24.0 Å². The van der Waals surface area contributed by atoms with Crippen molar-refractivity contribution in [1.29, 1.82) is 0 Å². The number of imidazole rings is 2. The van der Waals surface area contributed by atoms with Gasteiger partial charge in [0.25, 0.3) is 23.6 Å². The number of amides is 5. The summed E-state index contributed by atoms with van der Waals surface area (Å²) in [5.74, 6) is -0.261. The molecule has 96 heavy (non-hydrogen) atoms. The molecule has 28 nitrogen and oxygen atoms in total. The number of aryl methyl sites for hydroxylation is 4. The Hall–Kier alpha value is -8.68. The molecule has 8 rings (SSSR count). The van der Waals surface area contributed by atoms with Crippen LogP contribution in [0.25, 0.3) is 11.1 Å². The number of benzene rings is 3. The fourth-order valence-electron chi connectivity index (χ4n) is 10.6. The molecule has 0 bridgehead atoms. The molecule has 4 aromatic heterocycles. The summed E-state index contributed by atoms with van der Waals surface area (Å²) in [4.78, 5) is 75.4. The number of aromatic nitrogens is 6. The minimum absolute atomic E-state index is 0.000000479. The monoisotopic (exact) mass is 1350 g/mol. The molecule has 3 atom stereocenters. The molecule has 1 aliphatic heterocycles. The average Bonchev–Trinajstić information content (AvgIpc) is 1.15. The lowest BCUT2D eigenvalue weighted by Crippen LogP contribution is -2.43. The standard InChI is InChI=1S/C67H90ClN15O13/c1-45-37-56(74-51-14-12-50(68)13-15-51)54-38-49(11-16-58(54)83(45)46(2)84)47-7-9-48(10-8-47)63(85)72-19-21-89-23-25-91-27-29-93-31-33-95-35-36-96-34-32-94-30-28-92-26-24-90-22-20-73-65(87)59-39-52(41-79(59)3)75-66(88)62-77-57(43-81(62)5)55(69)17-18-71-64(86)60-40-53(42-80(60)4)76-67-78-61(70)44-82(67)6/h7-16,38-45,55-56,74H,17-37,69-70H2,1-6H3,(H,71,86)(H,72,85)(H,73,87)(H,75,88)(H,76,78)/t45-,55?,56+/m0/s1. The molecular weight excluding hydrogens is 1260 g/mol. The molecule has 10 N–H and O–H groups in total. The summed E-state index contributed by atoms with van der Waals surface area (Å²) in [6.45, 7) is 10.8. The Labute approximate surface area is 563 Å². The molecule has 518 valence electrons. The van der Waals surface area contributed by atoms with Gasteiger partial charge in [-0.25, -0.2) is 4.98 Å². The lowest BCUT2D eigenvalue weighted by molar-refractivity contribution is -0.117. The predicted octanol–water partition coefficient (Wildman–Crippen LogP) is 6.14. The Bertz CT molecular complexity index is 3630. The zero-order chi connectivity index (χ0) is 68.3. The third-order valence-electron chi connectivity index (χ3n) is 15.5. The van der Waals surface area contributed by atoms with Gasteiger partial charge in [-0.05, 0) is 97.1 Å². The zero-order valence-corrected chi connectivity index (χ0v) is 56.1. The lowest BCUT2D eigenvalue weighted by Gasteiger charge is -2.39. The molecule has 7 aromatic rings. The van der Waals surface area contributed by atoms with Crippen LogP contribution in [0.2, 0.25) is 5.02 Å². The first kappa shape index (κ1) is 73.1. The van der Waals surface area contributed by atoms with E-state index in [1.54, 1.807) is 83.3 Å². The number of carbonyl (C=O) groups is 5. The topological polar surface area (TPSA) is 332 Å². The summed E-state index contributed by atoms with van der Waals surface area (Å²) < 4.78 is 51.3. The molecule has 3 aromatic carbocycles. The van der Waals surface area contributed by atoms with E-state index in [1.165, 1.54) is 0 Å². The Morgan fingerprint density at radius 3 is 1.58 bits per heavy atom. The second-order valence-corrected chi connectivity index (χ2v) is 23.3. The molecule has 1 aliphatic rings. The van der Waals surface area contributed by atoms with E-state index in [2.05, 4.69) is 54.9 Å². The van der Waals surface area contributed by atoms with Crippen molar-refractivity contribution in [3.63, 3.8) is 0 Å². The van der Waals surface area contributed by atoms with Crippen LogP contribution in [0.3, 0.4) is 0 Å². The zero-order valence-electron chi connectivity index (χ0n) is 55.4. The van der Waals surface area contributed by atoms with Crippen LogP contribution >= 0.6 is 11.6 Å². The van der Waals surface area contributed by atoms with Crippen molar-refractivity contribution in [2.75, 3.05) is 152 Å². The van der Waals surface area contributed by atoms with Gasteiger partial charge in [-0.15, -0.1) is 0 Å². The van der Waals surface area contributed by atoms with Gasteiger partial charge in [0, 0.05) is 108 Å². The number of fused-ring (bicyclic) bond motifs is 1. The second kappa shape index (κ2) is 37.6. The molecule has 0 fully saturated rings. The minimum atomic E-state index is -0.564. The van der Waals surface area contributed by atoms with E-state index in [0.29, 0.717) is 163 Å². The number of halogens is 1. The molecule has 0 saturated heterocycles. The number of rotatable bonds is 41. The molecule has 29 heteroatoms. The van der Waals surface area contributed by atoms with Gasteiger partial charge in [-0.2, -0.15) is 4.98 Å². The van der Waals surface area contributed by atoms with Gasteiger partial charge in [0.15, 0.2) is 5.82 Å². The number of nitrogens with one attached hydrogen (secondary N) is 6. The van der Waals surface area contributed by atoms with Crippen LogP contribution in [0.4, 0.5) is 34.5 Å².